The van der Waals surface area contributed by atoms with Crippen LogP contribution in [0.5, 0.6) is 0 Å². The Bertz CT molecular complexity index is 350. The Balaban J connectivity index is 2.60. The maximum absolute atomic E-state index is 11.7. The molecule has 0 spiro atoms. The zero-order valence-electron chi connectivity index (χ0n) is 10.4. The molecule has 90 valence electrons. The van der Waals surface area contributed by atoms with Crippen LogP contribution >= 0.6 is 0 Å². The summed E-state index contributed by atoms with van der Waals surface area (Å²) in [6.45, 7) is 7.36. The molecule has 0 atom stereocenters. The summed E-state index contributed by atoms with van der Waals surface area (Å²) < 4.78 is 6.89. The van der Waals surface area contributed by atoms with E-state index < -0.39 is 0 Å². The Morgan fingerprint density at radius 3 is 2.69 bits per heavy atom. The van der Waals surface area contributed by atoms with Crippen LogP contribution in [0.1, 0.15) is 31.1 Å². The number of carbonyl (C=O) groups is 1. The molecule has 4 nitrogen and oxygen atoms in total. The second-order valence-corrected chi connectivity index (χ2v) is 4.73. The molecule has 0 aliphatic carbocycles. The van der Waals surface area contributed by atoms with E-state index in [4.69, 9.17) is 4.74 Å². The number of nitrogens with one attached hydrogen (secondary N) is 1. The number of aromatic nitrogens is 1. The molecule has 0 radical (unpaired) electrons. The molecule has 16 heavy (non-hydrogen) atoms. The number of hydrogen-bond donors (Lipinski definition) is 1. The first kappa shape index (κ1) is 12.8. The van der Waals surface area contributed by atoms with Gasteiger partial charge in [-0.25, -0.2) is 0 Å². The molecule has 1 amide bonds. The maximum Gasteiger partial charge on any atom is 0.252 e. The SMILES string of the molecule is COCCNC(=O)c1ccn(C(C)(C)C)c1. The largest absolute Gasteiger partial charge is 0.383 e. The Morgan fingerprint density at radius 2 is 2.19 bits per heavy atom. The van der Waals surface area contributed by atoms with Gasteiger partial charge in [-0.05, 0) is 26.8 Å². The zero-order chi connectivity index (χ0) is 12.2. The van der Waals surface area contributed by atoms with Gasteiger partial charge in [-0.15, -0.1) is 0 Å². The molecule has 0 saturated carbocycles. The lowest BCUT2D eigenvalue weighted by Crippen LogP contribution is -2.27. The smallest absolute Gasteiger partial charge is 0.252 e. The van der Waals surface area contributed by atoms with Crippen LogP contribution in [0.15, 0.2) is 18.5 Å². The minimum absolute atomic E-state index is 0.00502. The van der Waals surface area contributed by atoms with Gasteiger partial charge in [-0.1, -0.05) is 0 Å². The highest BCUT2D eigenvalue weighted by Gasteiger charge is 2.14. The van der Waals surface area contributed by atoms with Crippen LogP contribution in [-0.2, 0) is 10.3 Å². The Hall–Kier alpha value is -1.29. The van der Waals surface area contributed by atoms with Crippen molar-refractivity contribution in [1.82, 2.24) is 9.88 Å². The number of ether oxygens (including phenoxy) is 1. The Kier molecular flexibility index (Phi) is 4.12. The van der Waals surface area contributed by atoms with Crippen molar-refractivity contribution in [2.75, 3.05) is 20.3 Å². The average Bonchev–Trinajstić information content (AvgIpc) is 2.66. The third-order valence-corrected chi connectivity index (χ3v) is 2.32. The molecule has 1 rings (SSSR count). The van der Waals surface area contributed by atoms with Gasteiger partial charge in [0, 0.05) is 31.6 Å². The molecule has 0 aromatic carbocycles. The summed E-state index contributed by atoms with van der Waals surface area (Å²) in [5.74, 6) is -0.0555. The van der Waals surface area contributed by atoms with E-state index in [1.54, 1.807) is 7.11 Å². The summed E-state index contributed by atoms with van der Waals surface area (Å²) in [6.07, 6.45) is 3.79. The summed E-state index contributed by atoms with van der Waals surface area (Å²) >= 11 is 0. The van der Waals surface area contributed by atoms with Gasteiger partial charge >= 0.3 is 0 Å². The first-order valence-electron chi connectivity index (χ1n) is 5.41. The number of carbonyl (C=O) groups excluding carboxylic acids is 1. The van der Waals surface area contributed by atoms with Crippen LogP contribution in [0, 0.1) is 0 Å². The number of rotatable bonds is 4. The predicted octanol–water partition coefficient (Wildman–Crippen LogP) is 1.62. The Labute approximate surface area is 96.6 Å². The standard InChI is InChI=1S/C12H20N2O2/c1-12(2,3)14-7-5-10(9-14)11(15)13-6-8-16-4/h5,7,9H,6,8H2,1-4H3,(H,13,15). The van der Waals surface area contributed by atoms with E-state index in [-0.39, 0.29) is 11.4 Å². The second-order valence-electron chi connectivity index (χ2n) is 4.73. The lowest BCUT2D eigenvalue weighted by molar-refractivity contribution is 0.0937. The zero-order valence-corrected chi connectivity index (χ0v) is 10.4. The van der Waals surface area contributed by atoms with Gasteiger partial charge in [-0.3, -0.25) is 4.79 Å². The van der Waals surface area contributed by atoms with E-state index in [9.17, 15) is 4.79 Å². The van der Waals surface area contributed by atoms with Crippen LogP contribution in [-0.4, -0.2) is 30.7 Å². The van der Waals surface area contributed by atoms with Crippen molar-refractivity contribution >= 4 is 5.91 Å². The molecule has 1 heterocycles. The van der Waals surface area contributed by atoms with E-state index in [0.717, 1.165) is 0 Å². The number of methoxy groups -OCH3 is 1. The van der Waals surface area contributed by atoms with E-state index in [2.05, 4.69) is 26.1 Å². The molecular weight excluding hydrogens is 204 g/mol. The van der Waals surface area contributed by atoms with Crippen molar-refractivity contribution in [3.8, 4) is 0 Å². The van der Waals surface area contributed by atoms with E-state index in [1.165, 1.54) is 0 Å². The molecule has 0 fully saturated rings. The molecular formula is C12H20N2O2. The molecule has 4 heteroatoms. The van der Waals surface area contributed by atoms with Crippen molar-refractivity contribution in [3.05, 3.63) is 24.0 Å². The van der Waals surface area contributed by atoms with Crippen LogP contribution in [0.25, 0.3) is 0 Å². The highest BCUT2D eigenvalue weighted by atomic mass is 16.5. The van der Waals surface area contributed by atoms with Gasteiger partial charge in [0.1, 0.15) is 0 Å². The molecule has 1 N–H and O–H groups in total. The van der Waals surface area contributed by atoms with Crippen LogP contribution in [0.3, 0.4) is 0 Å². The first-order valence-corrected chi connectivity index (χ1v) is 5.41. The molecule has 1 aromatic rings. The van der Waals surface area contributed by atoms with E-state index in [1.807, 2.05) is 23.0 Å². The lowest BCUT2D eigenvalue weighted by atomic mass is 10.1. The fourth-order valence-electron chi connectivity index (χ4n) is 1.32. The fourth-order valence-corrected chi connectivity index (χ4v) is 1.32. The normalized spacial score (nSPS) is 11.5. The molecule has 0 saturated heterocycles. The van der Waals surface area contributed by atoms with Crippen LogP contribution in [0.2, 0.25) is 0 Å². The quantitative estimate of drug-likeness (QED) is 0.790. The molecule has 0 unspecified atom stereocenters. The summed E-state index contributed by atoms with van der Waals surface area (Å²) in [4.78, 5) is 11.7. The number of nitrogens with zero attached hydrogens (tertiary/aromatic N) is 1. The summed E-state index contributed by atoms with van der Waals surface area (Å²) in [6, 6.07) is 1.83. The highest BCUT2D eigenvalue weighted by molar-refractivity contribution is 5.94. The fraction of sp³-hybridized carbons (Fsp3) is 0.583. The van der Waals surface area contributed by atoms with Crippen molar-refractivity contribution in [2.24, 2.45) is 0 Å². The topological polar surface area (TPSA) is 43.3 Å². The van der Waals surface area contributed by atoms with Crippen molar-refractivity contribution in [3.63, 3.8) is 0 Å². The summed E-state index contributed by atoms with van der Waals surface area (Å²) in [5, 5.41) is 2.79. The number of amides is 1. The molecule has 1 aromatic heterocycles. The monoisotopic (exact) mass is 224 g/mol. The highest BCUT2D eigenvalue weighted by Crippen LogP contribution is 2.15. The summed E-state index contributed by atoms with van der Waals surface area (Å²) in [7, 11) is 1.61. The van der Waals surface area contributed by atoms with Gasteiger partial charge < -0.3 is 14.6 Å². The van der Waals surface area contributed by atoms with Crippen LogP contribution < -0.4 is 5.32 Å². The molecule has 0 aliphatic heterocycles. The van der Waals surface area contributed by atoms with Crippen LogP contribution in [0.4, 0.5) is 0 Å². The average molecular weight is 224 g/mol. The Morgan fingerprint density at radius 1 is 1.50 bits per heavy atom. The van der Waals surface area contributed by atoms with Gasteiger partial charge in [0.25, 0.3) is 5.91 Å². The lowest BCUT2D eigenvalue weighted by Gasteiger charge is -2.20. The maximum atomic E-state index is 11.7. The summed E-state index contributed by atoms with van der Waals surface area (Å²) in [5.41, 5.74) is 0.691. The minimum Gasteiger partial charge on any atom is -0.383 e. The third kappa shape index (κ3) is 3.38. The van der Waals surface area contributed by atoms with Gasteiger partial charge in [0.15, 0.2) is 0 Å². The van der Waals surface area contributed by atoms with Gasteiger partial charge in [0.2, 0.25) is 0 Å². The molecule has 0 aliphatic rings. The van der Waals surface area contributed by atoms with Gasteiger partial charge in [0.05, 0.1) is 12.2 Å². The first-order chi connectivity index (χ1) is 7.45. The van der Waals surface area contributed by atoms with Crippen molar-refractivity contribution < 1.29 is 9.53 Å². The second kappa shape index (κ2) is 5.16. The van der Waals surface area contributed by atoms with E-state index in [0.29, 0.717) is 18.7 Å². The molecule has 0 bridgehead atoms. The predicted molar refractivity (Wildman–Crippen MR) is 63.6 cm³/mol. The third-order valence-electron chi connectivity index (χ3n) is 2.32. The number of hydrogen-bond acceptors (Lipinski definition) is 2. The van der Waals surface area contributed by atoms with Crippen molar-refractivity contribution in [2.45, 2.75) is 26.3 Å². The van der Waals surface area contributed by atoms with Gasteiger partial charge in [-0.2, -0.15) is 0 Å². The van der Waals surface area contributed by atoms with Crippen molar-refractivity contribution in [1.29, 1.82) is 0 Å². The minimum atomic E-state index is -0.0555. The van der Waals surface area contributed by atoms with E-state index >= 15 is 0 Å².